The van der Waals surface area contributed by atoms with Crippen molar-refractivity contribution >= 4 is 11.8 Å². The topological polar surface area (TPSA) is 67.9 Å². The average Bonchev–Trinajstić information content (AvgIpc) is 3.28. The van der Waals surface area contributed by atoms with E-state index in [0.717, 1.165) is 23.1 Å². The van der Waals surface area contributed by atoms with Crippen molar-refractivity contribution in [1.29, 1.82) is 0 Å². The second kappa shape index (κ2) is 11.3. The molecular weight excluding hydrogens is 452 g/mol. The maximum atomic E-state index is 13.0. The van der Waals surface area contributed by atoms with Gasteiger partial charge in [-0.15, -0.1) is 0 Å². The molecule has 0 saturated carbocycles. The van der Waals surface area contributed by atoms with E-state index in [1.807, 2.05) is 36.4 Å². The predicted octanol–water partition coefficient (Wildman–Crippen LogP) is 5.00. The quantitative estimate of drug-likeness (QED) is 0.438. The van der Waals surface area contributed by atoms with E-state index < -0.39 is 5.54 Å². The van der Waals surface area contributed by atoms with Gasteiger partial charge in [0.2, 0.25) is 11.8 Å². The van der Waals surface area contributed by atoms with Gasteiger partial charge in [0.15, 0.2) is 11.5 Å². The van der Waals surface area contributed by atoms with Gasteiger partial charge in [-0.3, -0.25) is 9.59 Å². The Morgan fingerprint density at radius 2 is 1.58 bits per heavy atom. The van der Waals surface area contributed by atoms with Crippen molar-refractivity contribution in [3.05, 3.63) is 83.9 Å². The van der Waals surface area contributed by atoms with Crippen LogP contribution >= 0.6 is 0 Å². The Morgan fingerprint density at radius 1 is 0.917 bits per heavy atom. The highest BCUT2D eigenvalue weighted by Crippen LogP contribution is 2.31. The van der Waals surface area contributed by atoms with Crippen molar-refractivity contribution in [2.45, 2.75) is 44.2 Å². The number of carbonyl (C=O) groups excluding carboxylic acids is 2. The molecule has 1 fully saturated rings. The van der Waals surface area contributed by atoms with E-state index in [4.69, 9.17) is 9.47 Å². The molecule has 6 heteroatoms. The molecule has 0 spiro atoms. The fourth-order valence-corrected chi connectivity index (χ4v) is 4.90. The molecule has 1 aliphatic rings. The van der Waals surface area contributed by atoms with E-state index in [1.54, 1.807) is 26.2 Å². The number of rotatable bonds is 10. The Balaban J connectivity index is 1.39. The van der Waals surface area contributed by atoms with Gasteiger partial charge >= 0.3 is 0 Å². The molecule has 1 heterocycles. The number of amides is 2. The number of benzene rings is 3. The van der Waals surface area contributed by atoms with Crippen LogP contribution in [0.15, 0.2) is 72.8 Å². The highest BCUT2D eigenvalue weighted by molar-refractivity contribution is 5.80. The van der Waals surface area contributed by atoms with Crippen molar-refractivity contribution in [2.24, 2.45) is 0 Å². The van der Waals surface area contributed by atoms with Crippen LogP contribution in [0.25, 0.3) is 11.1 Å². The summed E-state index contributed by atoms with van der Waals surface area (Å²) in [4.78, 5) is 26.9. The van der Waals surface area contributed by atoms with Gasteiger partial charge in [0.05, 0.1) is 14.2 Å². The minimum absolute atomic E-state index is 0.0461. The molecule has 0 aliphatic carbocycles. The first-order valence-electron chi connectivity index (χ1n) is 12.3. The molecule has 2 amide bonds. The summed E-state index contributed by atoms with van der Waals surface area (Å²) < 4.78 is 10.7. The second-order valence-electron chi connectivity index (χ2n) is 9.51. The average molecular weight is 487 g/mol. The molecular formula is C30H34N2O4. The van der Waals surface area contributed by atoms with E-state index in [0.29, 0.717) is 43.7 Å². The summed E-state index contributed by atoms with van der Waals surface area (Å²) in [6.07, 6.45) is 2.91. The number of methoxy groups -OCH3 is 2. The third-order valence-electron chi connectivity index (χ3n) is 6.95. The largest absolute Gasteiger partial charge is 0.493 e. The SMILES string of the molecule is COc1ccc(CN(C)C(=O)CC[C@@]2(Cc3ccc(-c4ccccc4)cc3)CCC(=O)N2)cc1OC. The number of hydrogen-bond donors (Lipinski definition) is 1. The highest BCUT2D eigenvalue weighted by atomic mass is 16.5. The Bertz CT molecular complexity index is 1190. The van der Waals surface area contributed by atoms with E-state index >= 15 is 0 Å². The monoisotopic (exact) mass is 486 g/mol. The third-order valence-corrected chi connectivity index (χ3v) is 6.95. The van der Waals surface area contributed by atoms with Crippen LogP contribution in [-0.2, 0) is 22.6 Å². The summed E-state index contributed by atoms with van der Waals surface area (Å²) in [6.45, 7) is 0.472. The lowest BCUT2D eigenvalue weighted by atomic mass is 9.84. The highest BCUT2D eigenvalue weighted by Gasteiger charge is 2.38. The molecule has 0 radical (unpaired) electrons. The van der Waals surface area contributed by atoms with E-state index in [2.05, 4.69) is 41.7 Å². The van der Waals surface area contributed by atoms with Crippen LogP contribution in [0.4, 0.5) is 0 Å². The molecule has 3 aromatic carbocycles. The van der Waals surface area contributed by atoms with Crippen LogP contribution in [0.3, 0.4) is 0 Å². The smallest absolute Gasteiger partial charge is 0.222 e. The van der Waals surface area contributed by atoms with Gasteiger partial charge in [-0.2, -0.15) is 0 Å². The standard InChI is InChI=1S/C30H34N2O4/c1-32(21-23-11-14-26(35-2)27(19-23)36-3)29(34)16-18-30(17-15-28(33)31-30)20-22-9-12-25(13-10-22)24-7-5-4-6-8-24/h4-14,19H,15-18,20-21H2,1-3H3,(H,31,33)/t30-/m1/s1. The summed E-state index contributed by atoms with van der Waals surface area (Å²) in [5, 5.41) is 3.19. The van der Waals surface area contributed by atoms with E-state index in [-0.39, 0.29) is 11.8 Å². The summed E-state index contributed by atoms with van der Waals surface area (Å²) in [7, 11) is 5.00. The molecule has 188 valence electrons. The first-order chi connectivity index (χ1) is 17.4. The minimum Gasteiger partial charge on any atom is -0.493 e. The lowest BCUT2D eigenvalue weighted by Crippen LogP contribution is -2.44. The van der Waals surface area contributed by atoms with Gasteiger partial charge in [0.1, 0.15) is 0 Å². The molecule has 0 aromatic heterocycles. The van der Waals surface area contributed by atoms with E-state index in [1.165, 1.54) is 5.56 Å². The molecule has 3 aromatic rings. The Morgan fingerprint density at radius 3 is 2.22 bits per heavy atom. The first kappa shape index (κ1) is 25.3. The zero-order chi connectivity index (χ0) is 25.5. The van der Waals surface area contributed by atoms with Crippen LogP contribution in [0, 0.1) is 0 Å². The van der Waals surface area contributed by atoms with Crippen molar-refractivity contribution in [3.63, 3.8) is 0 Å². The van der Waals surface area contributed by atoms with Gasteiger partial charge < -0.3 is 19.7 Å². The molecule has 0 unspecified atom stereocenters. The fourth-order valence-electron chi connectivity index (χ4n) is 4.90. The molecule has 1 aliphatic heterocycles. The second-order valence-corrected chi connectivity index (χ2v) is 9.51. The molecule has 1 N–H and O–H groups in total. The first-order valence-corrected chi connectivity index (χ1v) is 12.3. The number of carbonyl (C=O) groups is 2. The van der Waals surface area contributed by atoms with Crippen LogP contribution in [0.5, 0.6) is 11.5 Å². The van der Waals surface area contributed by atoms with Crippen LogP contribution in [0.2, 0.25) is 0 Å². The zero-order valence-corrected chi connectivity index (χ0v) is 21.3. The van der Waals surface area contributed by atoms with Gasteiger partial charge in [0.25, 0.3) is 0 Å². The third kappa shape index (κ3) is 6.06. The van der Waals surface area contributed by atoms with Gasteiger partial charge in [-0.25, -0.2) is 0 Å². The number of nitrogens with zero attached hydrogens (tertiary/aromatic N) is 1. The summed E-state index contributed by atoms with van der Waals surface area (Å²) in [5.74, 6) is 1.40. The number of nitrogens with one attached hydrogen (secondary N) is 1. The molecule has 36 heavy (non-hydrogen) atoms. The molecule has 4 rings (SSSR count). The predicted molar refractivity (Wildman–Crippen MR) is 141 cm³/mol. The van der Waals surface area contributed by atoms with Gasteiger partial charge in [0, 0.05) is 32.0 Å². The van der Waals surface area contributed by atoms with Crippen molar-refractivity contribution in [1.82, 2.24) is 10.2 Å². The Kier molecular flexibility index (Phi) is 7.93. The zero-order valence-electron chi connectivity index (χ0n) is 21.3. The fraction of sp³-hybridized carbons (Fsp3) is 0.333. The van der Waals surface area contributed by atoms with Crippen LogP contribution in [-0.4, -0.2) is 43.5 Å². The summed E-state index contributed by atoms with van der Waals surface area (Å²) in [6, 6.07) is 24.4. The number of hydrogen-bond acceptors (Lipinski definition) is 4. The van der Waals surface area contributed by atoms with Crippen molar-refractivity contribution in [3.8, 4) is 22.6 Å². The van der Waals surface area contributed by atoms with Crippen molar-refractivity contribution < 1.29 is 19.1 Å². The Hall–Kier alpha value is -3.80. The molecule has 6 nitrogen and oxygen atoms in total. The number of ether oxygens (including phenoxy) is 2. The Labute approximate surface area is 213 Å². The normalized spacial score (nSPS) is 16.9. The molecule has 1 saturated heterocycles. The lowest BCUT2D eigenvalue weighted by Gasteiger charge is -2.30. The summed E-state index contributed by atoms with van der Waals surface area (Å²) >= 11 is 0. The lowest BCUT2D eigenvalue weighted by molar-refractivity contribution is -0.131. The summed E-state index contributed by atoms with van der Waals surface area (Å²) in [5.41, 5.74) is 4.06. The van der Waals surface area contributed by atoms with Gasteiger partial charge in [-0.1, -0.05) is 60.7 Å². The maximum absolute atomic E-state index is 13.0. The van der Waals surface area contributed by atoms with E-state index in [9.17, 15) is 9.59 Å². The maximum Gasteiger partial charge on any atom is 0.222 e. The minimum atomic E-state index is -0.398. The van der Waals surface area contributed by atoms with Gasteiger partial charge in [-0.05, 0) is 53.6 Å². The molecule has 1 atom stereocenters. The van der Waals surface area contributed by atoms with Crippen LogP contribution < -0.4 is 14.8 Å². The van der Waals surface area contributed by atoms with Crippen molar-refractivity contribution in [2.75, 3.05) is 21.3 Å². The van der Waals surface area contributed by atoms with Crippen LogP contribution in [0.1, 0.15) is 36.8 Å². The molecule has 0 bridgehead atoms.